The first-order chi connectivity index (χ1) is 11.6. The van der Waals surface area contributed by atoms with Crippen LogP contribution in [0, 0.1) is 12.8 Å². The molecule has 0 saturated heterocycles. The maximum Gasteiger partial charge on any atom is 0.263 e. The number of hydrogen-bond acceptors (Lipinski definition) is 4. The Hall–Kier alpha value is -2.44. The fourth-order valence-corrected chi connectivity index (χ4v) is 3.04. The normalized spacial score (nSPS) is 15.3. The van der Waals surface area contributed by atoms with Crippen LogP contribution in [0.25, 0.3) is 0 Å². The molecule has 2 aromatic heterocycles. The lowest BCUT2D eigenvalue weighted by Crippen LogP contribution is -2.37. The Morgan fingerprint density at radius 2 is 2.08 bits per heavy atom. The Kier molecular flexibility index (Phi) is 4.51. The van der Waals surface area contributed by atoms with Crippen molar-refractivity contribution in [3.8, 4) is 0 Å². The zero-order valence-corrected chi connectivity index (χ0v) is 14.3. The van der Waals surface area contributed by atoms with Crippen molar-refractivity contribution in [2.45, 2.75) is 52.7 Å². The van der Waals surface area contributed by atoms with Crippen LogP contribution in [0.15, 0.2) is 23.3 Å². The van der Waals surface area contributed by atoms with Crippen molar-refractivity contribution in [3.05, 3.63) is 45.9 Å². The number of aryl methyl sites for hydroxylation is 2. The smallest absolute Gasteiger partial charge is 0.263 e. The molecule has 24 heavy (non-hydrogen) atoms. The molecule has 1 atom stereocenters. The molecule has 2 heterocycles. The van der Waals surface area contributed by atoms with Crippen LogP contribution >= 0.6 is 0 Å². The van der Waals surface area contributed by atoms with E-state index < -0.39 is 0 Å². The van der Waals surface area contributed by atoms with Gasteiger partial charge in [-0.2, -0.15) is 5.10 Å². The Balaban J connectivity index is 1.89. The summed E-state index contributed by atoms with van der Waals surface area (Å²) < 4.78 is 3.40. The number of nitrogens with one attached hydrogen (secondary N) is 1. The maximum absolute atomic E-state index is 12.7. The quantitative estimate of drug-likeness (QED) is 0.874. The molecule has 0 aliphatic heterocycles. The molecule has 1 saturated carbocycles. The summed E-state index contributed by atoms with van der Waals surface area (Å²) >= 11 is 0. The Morgan fingerprint density at radius 1 is 1.33 bits per heavy atom. The van der Waals surface area contributed by atoms with E-state index in [4.69, 9.17) is 0 Å². The first-order valence-corrected chi connectivity index (χ1v) is 8.45. The van der Waals surface area contributed by atoms with E-state index in [0.717, 1.165) is 24.4 Å². The molecule has 7 nitrogen and oxygen atoms in total. The number of hydrogen-bond donors (Lipinski definition) is 1. The van der Waals surface area contributed by atoms with Crippen molar-refractivity contribution < 1.29 is 4.79 Å². The average Bonchev–Trinajstić information content (AvgIpc) is 3.29. The van der Waals surface area contributed by atoms with E-state index in [0.29, 0.717) is 19.0 Å². The number of carbonyl (C=O) groups is 1. The van der Waals surface area contributed by atoms with Gasteiger partial charge in [0.25, 0.3) is 11.5 Å². The zero-order valence-electron chi connectivity index (χ0n) is 14.3. The van der Waals surface area contributed by atoms with Crippen molar-refractivity contribution in [1.82, 2.24) is 24.6 Å². The third kappa shape index (κ3) is 2.98. The van der Waals surface area contributed by atoms with Gasteiger partial charge >= 0.3 is 0 Å². The second-order valence-corrected chi connectivity index (χ2v) is 6.16. The van der Waals surface area contributed by atoms with Gasteiger partial charge in [0.2, 0.25) is 0 Å². The second-order valence-electron chi connectivity index (χ2n) is 6.16. The molecule has 0 spiro atoms. The number of aromatic nitrogens is 4. The molecule has 1 fully saturated rings. The fraction of sp³-hybridized carbons (Fsp3) is 0.529. The minimum Gasteiger partial charge on any atom is -0.342 e. The van der Waals surface area contributed by atoms with Gasteiger partial charge in [0, 0.05) is 18.8 Å². The Labute approximate surface area is 140 Å². The molecule has 2 aromatic rings. The summed E-state index contributed by atoms with van der Waals surface area (Å²) in [5.74, 6) is 0.781. The standard InChI is InChI=1S/C17H23N5O2/c1-4-21-11(3)6-9-13(17(21)24)16(23)20-14(12-7-8-12)15-18-10-19-22(15)5-2/h6,9-10,12,14H,4-5,7-8H2,1-3H3,(H,20,23)/t14-/m0/s1. The van der Waals surface area contributed by atoms with Crippen molar-refractivity contribution in [2.24, 2.45) is 5.92 Å². The predicted octanol–water partition coefficient (Wildman–Crippen LogP) is 1.67. The molecule has 3 rings (SSSR count). The number of carbonyl (C=O) groups excluding carboxylic acids is 1. The summed E-state index contributed by atoms with van der Waals surface area (Å²) in [5, 5.41) is 7.20. The van der Waals surface area contributed by atoms with Gasteiger partial charge in [-0.15, -0.1) is 0 Å². The van der Waals surface area contributed by atoms with Gasteiger partial charge in [-0.05, 0) is 51.7 Å². The van der Waals surface area contributed by atoms with Crippen LogP contribution in [-0.4, -0.2) is 25.2 Å². The minimum absolute atomic E-state index is 0.177. The molecule has 0 unspecified atom stereocenters. The van der Waals surface area contributed by atoms with Crippen LogP contribution < -0.4 is 10.9 Å². The summed E-state index contributed by atoms with van der Waals surface area (Å²) in [7, 11) is 0. The van der Waals surface area contributed by atoms with Crippen molar-refractivity contribution in [2.75, 3.05) is 0 Å². The zero-order chi connectivity index (χ0) is 17.3. The highest BCUT2D eigenvalue weighted by Crippen LogP contribution is 2.40. The number of pyridine rings is 1. The van der Waals surface area contributed by atoms with Gasteiger partial charge in [0.05, 0.1) is 6.04 Å². The predicted molar refractivity (Wildman–Crippen MR) is 89.7 cm³/mol. The lowest BCUT2D eigenvalue weighted by molar-refractivity contribution is 0.0926. The molecule has 0 bridgehead atoms. The molecule has 1 amide bonds. The third-order valence-electron chi connectivity index (χ3n) is 4.56. The lowest BCUT2D eigenvalue weighted by Gasteiger charge is -2.18. The topological polar surface area (TPSA) is 81.8 Å². The van der Waals surface area contributed by atoms with Gasteiger partial charge in [-0.1, -0.05) is 0 Å². The van der Waals surface area contributed by atoms with Crippen LogP contribution in [0.4, 0.5) is 0 Å². The fourth-order valence-electron chi connectivity index (χ4n) is 3.04. The number of amides is 1. The Morgan fingerprint density at radius 3 is 2.71 bits per heavy atom. The molecular weight excluding hydrogens is 306 g/mol. The van der Waals surface area contributed by atoms with E-state index in [1.54, 1.807) is 21.4 Å². The summed E-state index contributed by atoms with van der Waals surface area (Å²) in [6.45, 7) is 6.99. The van der Waals surface area contributed by atoms with E-state index in [1.165, 1.54) is 6.33 Å². The van der Waals surface area contributed by atoms with E-state index >= 15 is 0 Å². The highest BCUT2D eigenvalue weighted by Gasteiger charge is 2.36. The molecular formula is C17H23N5O2. The lowest BCUT2D eigenvalue weighted by atomic mass is 10.1. The molecule has 1 aliphatic carbocycles. The highest BCUT2D eigenvalue weighted by atomic mass is 16.2. The molecule has 1 N–H and O–H groups in total. The van der Waals surface area contributed by atoms with Gasteiger partial charge in [0.1, 0.15) is 17.7 Å². The summed E-state index contributed by atoms with van der Waals surface area (Å²) in [5.41, 5.74) is 0.778. The van der Waals surface area contributed by atoms with Crippen molar-refractivity contribution >= 4 is 5.91 Å². The van der Waals surface area contributed by atoms with Crippen LogP contribution in [0.5, 0.6) is 0 Å². The maximum atomic E-state index is 12.7. The molecule has 1 aliphatic rings. The van der Waals surface area contributed by atoms with E-state index in [2.05, 4.69) is 15.4 Å². The highest BCUT2D eigenvalue weighted by molar-refractivity contribution is 5.94. The van der Waals surface area contributed by atoms with Crippen LogP contribution in [0.3, 0.4) is 0 Å². The van der Waals surface area contributed by atoms with Crippen molar-refractivity contribution in [3.63, 3.8) is 0 Å². The first kappa shape index (κ1) is 16.4. The average molecular weight is 329 g/mol. The van der Waals surface area contributed by atoms with E-state index in [1.807, 2.05) is 20.8 Å². The SMILES string of the molecule is CCn1ncnc1[C@@H](NC(=O)c1ccc(C)n(CC)c1=O)C1CC1. The van der Waals surface area contributed by atoms with Crippen LogP contribution in [-0.2, 0) is 13.1 Å². The van der Waals surface area contributed by atoms with Gasteiger partial charge in [-0.25, -0.2) is 9.67 Å². The van der Waals surface area contributed by atoms with Crippen LogP contribution in [0.1, 0.15) is 54.6 Å². The van der Waals surface area contributed by atoms with Gasteiger partial charge in [-0.3, -0.25) is 9.59 Å². The Bertz CT molecular complexity index is 804. The van der Waals surface area contributed by atoms with Crippen molar-refractivity contribution in [1.29, 1.82) is 0 Å². The van der Waals surface area contributed by atoms with Gasteiger partial charge < -0.3 is 9.88 Å². The summed E-state index contributed by atoms with van der Waals surface area (Å²) in [6, 6.07) is 3.21. The molecule has 128 valence electrons. The van der Waals surface area contributed by atoms with Gasteiger partial charge in [0.15, 0.2) is 0 Å². The third-order valence-corrected chi connectivity index (χ3v) is 4.56. The summed E-state index contributed by atoms with van der Waals surface area (Å²) in [6.07, 6.45) is 3.61. The van der Waals surface area contributed by atoms with Crippen LogP contribution in [0.2, 0.25) is 0 Å². The molecule has 0 aromatic carbocycles. The first-order valence-electron chi connectivity index (χ1n) is 8.45. The largest absolute Gasteiger partial charge is 0.342 e. The molecule has 0 radical (unpaired) electrons. The molecule has 7 heteroatoms. The summed E-state index contributed by atoms with van der Waals surface area (Å²) in [4.78, 5) is 29.5. The van der Waals surface area contributed by atoms with E-state index in [-0.39, 0.29) is 23.1 Å². The minimum atomic E-state index is -0.343. The van der Waals surface area contributed by atoms with E-state index in [9.17, 15) is 9.59 Å². The monoisotopic (exact) mass is 329 g/mol. The number of rotatable bonds is 6. The number of nitrogens with zero attached hydrogens (tertiary/aromatic N) is 4. The second kappa shape index (κ2) is 6.59.